The van der Waals surface area contributed by atoms with E-state index >= 15 is 0 Å². The Kier molecular flexibility index (Phi) is 6.11. The van der Waals surface area contributed by atoms with E-state index in [-0.39, 0.29) is 4.90 Å². The van der Waals surface area contributed by atoms with Gasteiger partial charge in [-0.25, -0.2) is 17.8 Å². The van der Waals surface area contributed by atoms with Gasteiger partial charge in [0.2, 0.25) is 0 Å². The molecule has 0 amide bonds. The smallest absolute Gasteiger partial charge is 0.261 e. The lowest BCUT2D eigenvalue weighted by atomic mass is 10.2. The summed E-state index contributed by atoms with van der Waals surface area (Å²) in [6.07, 6.45) is 2.04. The van der Waals surface area contributed by atoms with Crippen LogP contribution in [0.4, 0.5) is 15.9 Å². The second kappa shape index (κ2) is 8.95. The molecule has 1 aromatic heterocycles. The van der Waals surface area contributed by atoms with E-state index in [9.17, 15) is 12.8 Å². The maximum Gasteiger partial charge on any atom is 0.261 e. The summed E-state index contributed by atoms with van der Waals surface area (Å²) in [5, 5.41) is 4.00. The number of hydrogen-bond donors (Lipinski definition) is 2. The molecule has 0 aliphatic rings. The van der Waals surface area contributed by atoms with Crippen molar-refractivity contribution in [2.24, 2.45) is 0 Å². The van der Waals surface area contributed by atoms with Crippen molar-refractivity contribution in [1.29, 1.82) is 0 Å². The van der Waals surface area contributed by atoms with Gasteiger partial charge in [-0.15, -0.1) is 11.8 Å². The summed E-state index contributed by atoms with van der Waals surface area (Å²) < 4.78 is 41.1. The van der Waals surface area contributed by atoms with Crippen LogP contribution in [0.25, 0.3) is 10.9 Å². The lowest BCUT2D eigenvalue weighted by Gasteiger charge is -2.12. The first kappa shape index (κ1) is 21.1. The fourth-order valence-corrected chi connectivity index (χ4v) is 4.89. The predicted octanol–water partition coefficient (Wildman–Crippen LogP) is 5.51. The molecule has 0 bridgehead atoms. The van der Waals surface area contributed by atoms with Crippen molar-refractivity contribution < 1.29 is 12.8 Å². The highest BCUT2D eigenvalue weighted by molar-refractivity contribution is 7.98. The van der Waals surface area contributed by atoms with Crippen molar-refractivity contribution in [1.82, 2.24) is 4.98 Å². The number of sulfonamides is 1. The standard InChI is InChI=1S/C23H20FN3O2S2/c1-30-22-8-3-2-5-16(22)15-25-23-14-13-19-20(26-23)6-4-7-21(19)27-31(28,29)18-11-9-17(24)10-12-18/h2-14,27H,15H2,1H3,(H,25,26). The second-order valence-corrected chi connectivity index (χ2v) is 9.32. The van der Waals surface area contributed by atoms with Crippen molar-refractivity contribution in [3.8, 4) is 0 Å². The third-order valence-electron chi connectivity index (χ3n) is 4.75. The van der Waals surface area contributed by atoms with Crippen molar-refractivity contribution >= 4 is 44.2 Å². The van der Waals surface area contributed by atoms with Crippen LogP contribution in [0.3, 0.4) is 0 Å². The van der Waals surface area contributed by atoms with Crippen molar-refractivity contribution in [3.05, 3.63) is 90.2 Å². The Morgan fingerprint density at radius 3 is 2.48 bits per heavy atom. The van der Waals surface area contributed by atoms with E-state index in [1.807, 2.05) is 36.6 Å². The van der Waals surface area contributed by atoms with Crippen molar-refractivity contribution in [3.63, 3.8) is 0 Å². The average Bonchev–Trinajstić information content (AvgIpc) is 2.78. The molecule has 0 aliphatic heterocycles. The molecule has 0 atom stereocenters. The first-order chi connectivity index (χ1) is 15.0. The maximum absolute atomic E-state index is 13.1. The van der Waals surface area contributed by atoms with Gasteiger partial charge in [-0.2, -0.15) is 0 Å². The Balaban J connectivity index is 1.57. The molecule has 3 aromatic carbocycles. The largest absolute Gasteiger partial charge is 0.366 e. The van der Waals surface area contributed by atoms with Gasteiger partial charge in [0.25, 0.3) is 10.0 Å². The molecule has 1 heterocycles. The van der Waals surface area contributed by atoms with Gasteiger partial charge in [-0.1, -0.05) is 24.3 Å². The minimum atomic E-state index is -3.85. The first-order valence-electron chi connectivity index (χ1n) is 9.50. The summed E-state index contributed by atoms with van der Waals surface area (Å²) in [7, 11) is -3.85. The highest BCUT2D eigenvalue weighted by Crippen LogP contribution is 2.27. The number of fused-ring (bicyclic) bond motifs is 1. The number of pyridine rings is 1. The van der Waals surface area contributed by atoms with Crippen molar-refractivity contribution in [2.45, 2.75) is 16.3 Å². The Hall–Kier alpha value is -3.10. The van der Waals surface area contributed by atoms with Crippen LogP contribution in [0.1, 0.15) is 5.56 Å². The summed E-state index contributed by atoms with van der Waals surface area (Å²) in [6.45, 7) is 0.631. The molecule has 4 rings (SSSR count). The van der Waals surface area contributed by atoms with Gasteiger partial charge >= 0.3 is 0 Å². The fraction of sp³-hybridized carbons (Fsp3) is 0.0870. The molecule has 158 valence electrons. The zero-order valence-electron chi connectivity index (χ0n) is 16.7. The molecule has 0 spiro atoms. The zero-order valence-corrected chi connectivity index (χ0v) is 18.3. The normalized spacial score (nSPS) is 11.4. The van der Waals surface area contributed by atoms with Crippen LogP contribution in [0, 0.1) is 5.82 Å². The van der Waals surface area contributed by atoms with Gasteiger partial charge in [0.05, 0.1) is 16.1 Å². The Bertz CT molecular complexity index is 1330. The molecule has 0 radical (unpaired) electrons. The van der Waals surface area contributed by atoms with Crippen LogP contribution in [-0.2, 0) is 16.6 Å². The molecule has 5 nitrogen and oxygen atoms in total. The van der Waals surface area contributed by atoms with Crippen LogP contribution < -0.4 is 10.0 Å². The molecular formula is C23H20FN3O2S2. The highest BCUT2D eigenvalue weighted by atomic mass is 32.2. The number of aromatic nitrogens is 1. The van der Waals surface area contributed by atoms with E-state index in [4.69, 9.17) is 0 Å². The van der Waals surface area contributed by atoms with E-state index in [1.54, 1.807) is 23.9 Å². The highest BCUT2D eigenvalue weighted by Gasteiger charge is 2.16. The van der Waals surface area contributed by atoms with Crippen LogP contribution >= 0.6 is 11.8 Å². The maximum atomic E-state index is 13.1. The van der Waals surface area contributed by atoms with E-state index in [2.05, 4.69) is 27.2 Å². The SMILES string of the molecule is CSc1ccccc1CNc1ccc2c(NS(=O)(=O)c3ccc(F)cc3)cccc2n1. The fourth-order valence-electron chi connectivity index (χ4n) is 3.19. The molecule has 0 saturated heterocycles. The second-order valence-electron chi connectivity index (χ2n) is 6.79. The molecule has 4 aromatic rings. The number of nitrogens with one attached hydrogen (secondary N) is 2. The zero-order chi connectivity index (χ0) is 21.8. The topological polar surface area (TPSA) is 71.1 Å². The van der Waals surface area contributed by atoms with Gasteiger partial charge in [-0.3, -0.25) is 4.72 Å². The number of nitrogens with zero attached hydrogens (tertiary/aromatic N) is 1. The summed E-state index contributed by atoms with van der Waals surface area (Å²) in [6, 6.07) is 21.8. The first-order valence-corrected chi connectivity index (χ1v) is 12.2. The number of hydrogen-bond acceptors (Lipinski definition) is 5. The van der Waals surface area contributed by atoms with E-state index in [0.29, 0.717) is 29.0 Å². The summed E-state index contributed by atoms with van der Waals surface area (Å²) in [5.74, 6) is 0.204. The Morgan fingerprint density at radius 2 is 1.71 bits per heavy atom. The molecule has 8 heteroatoms. The summed E-state index contributed by atoms with van der Waals surface area (Å²) in [4.78, 5) is 5.81. The molecule has 0 saturated carbocycles. The lowest BCUT2D eigenvalue weighted by Crippen LogP contribution is -2.13. The van der Waals surface area contributed by atoms with Crippen LogP contribution in [0.15, 0.2) is 88.7 Å². The quantitative estimate of drug-likeness (QED) is 0.361. The number of anilines is 2. The molecule has 31 heavy (non-hydrogen) atoms. The number of halogens is 1. The molecule has 0 fully saturated rings. The number of benzene rings is 3. The minimum Gasteiger partial charge on any atom is -0.366 e. The summed E-state index contributed by atoms with van der Waals surface area (Å²) >= 11 is 1.69. The summed E-state index contributed by atoms with van der Waals surface area (Å²) in [5.41, 5.74) is 2.24. The van der Waals surface area contributed by atoms with Crippen LogP contribution in [0.5, 0.6) is 0 Å². The monoisotopic (exact) mass is 453 g/mol. The minimum absolute atomic E-state index is 0.00962. The van der Waals surface area contributed by atoms with Gasteiger partial charge in [0, 0.05) is 16.8 Å². The third-order valence-corrected chi connectivity index (χ3v) is 6.97. The average molecular weight is 454 g/mol. The number of rotatable bonds is 7. The predicted molar refractivity (Wildman–Crippen MR) is 125 cm³/mol. The van der Waals surface area contributed by atoms with E-state index < -0.39 is 15.8 Å². The number of thioether (sulfide) groups is 1. The van der Waals surface area contributed by atoms with Gasteiger partial charge in [0.15, 0.2) is 0 Å². The van der Waals surface area contributed by atoms with Crippen LogP contribution in [0.2, 0.25) is 0 Å². The Labute approximate surface area is 184 Å². The van der Waals surface area contributed by atoms with Gasteiger partial charge in [0.1, 0.15) is 11.6 Å². The van der Waals surface area contributed by atoms with Crippen molar-refractivity contribution in [2.75, 3.05) is 16.3 Å². The van der Waals surface area contributed by atoms with E-state index in [1.165, 1.54) is 22.6 Å². The van der Waals surface area contributed by atoms with E-state index in [0.717, 1.165) is 12.1 Å². The van der Waals surface area contributed by atoms with Crippen LogP contribution in [-0.4, -0.2) is 19.7 Å². The molecular weight excluding hydrogens is 433 g/mol. The Morgan fingerprint density at radius 1 is 0.935 bits per heavy atom. The molecule has 0 aliphatic carbocycles. The third kappa shape index (κ3) is 4.81. The molecule has 2 N–H and O–H groups in total. The molecule has 0 unspecified atom stereocenters. The van der Waals surface area contributed by atoms with Gasteiger partial charge < -0.3 is 5.32 Å². The lowest BCUT2D eigenvalue weighted by molar-refractivity contribution is 0.599. The van der Waals surface area contributed by atoms with Gasteiger partial charge in [-0.05, 0) is 66.4 Å².